The van der Waals surface area contributed by atoms with Crippen LogP contribution in [0, 0.1) is 23.7 Å². The fourth-order valence-electron chi connectivity index (χ4n) is 4.71. The molecule has 4 aliphatic rings. The molecule has 1 heteroatoms. The van der Waals surface area contributed by atoms with Crippen molar-refractivity contribution in [2.24, 2.45) is 23.7 Å². The summed E-state index contributed by atoms with van der Waals surface area (Å²) in [4.78, 5) is 12.2. The van der Waals surface area contributed by atoms with Crippen LogP contribution in [0.25, 0.3) is 0 Å². The van der Waals surface area contributed by atoms with Gasteiger partial charge in [0.25, 0.3) is 0 Å². The van der Waals surface area contributed by atoms with E-state index >= 15 is 0 Å². The second-order valence-electron chi connectivity index (χ2n) is 6.09. The first kappa shape index (κ1) is 8.55. The molecular weight excluding hydrogens is 184 g/mol. The molecule has 4 bridgehead atoms. The van der Waals surface area contributed by atoms with Crippen molar-refractivity contribution in [1.29, 1.82) is 0 Å². The molecular formula is C14H18O. The highest BCUT2D eigenvalue weighted by atomic mass is 16.1. The van der Waals surface area contributed by atoms with Crippen LogP contribution in [0.15, 0.2) is 11.1 Å². The molecule has 0 aromatic carbocycles. The Balaban J connectivity index is 1.77. The van der Waals surface area contributed by atoms with Crippen LogP contribution in [0.2, 0.25) is 0 Å². The fraction of sp³-hybridized carbons (Fsp3) is 0.786. The average molecular weight is 202 g/mol. The molecule has 0 spiro atoms. The highest BCUT2D eigenvalue weighted by Crippen LogP contribution is 2.55. The van der Waals surface area contributed by atoms with E-state index in [4.69, 9.17) is 0 Å². The summed E-state index contributed by atoms with van der Waals surface area (Å²) in [5, 5.41) is 0. The molecule has 4 atom stereocenters. The largest absolute Gasteiger partial charge is 0.294 e. The van der Waals surface area contributed by atoms with Crippen molar-refractivity contribution >= 4 is 5.78 Å². The Labute approximate surface area is 90.9 Å². The Kier molecular flexibility index (Phi) is 1.57. The van der Waals surface area contributed by atoms with Crippen molar-refractivity contribution < 1.29 is 4.79 Å². The van der Waals surface area contributed by atoms with Crippen LogP contribution in [-0.2, 0) is 4.79 Å². The van der Waals surface area contributed by atoms with Gasteiger partial charge in [-0.15, -0.1) is 0 Å². The molecule has 0 N–H and O–H groups in total. The number of Topliss-reactive ketones (excluding diaryl/α,β-unsaturated/α-hetero) is 1. The van der Waals surface area contributed by atoms with Gasteiger partial charge >= 0.3 is 0 Å². The second kappa shape index (κ2) is 2.75. The van der Waals surface area contributed by atoms with E-state index in [1.807, 2.05) is 0 Å². The van der Waals surface area contributed by atoms with Crippen LogP contribution in [0.4, 0.5) is 0 Å². The highest BCUT2D eigenvalue weighted by molar-refractivity contribution is 6.01. The van der Waals surface area contributed by atoms with Crippen LogP contribution in [0.3, 0.4) is 0 Å². The number of hydrogen-bond acceptors (Lipinski definition) is 1. The molecule has 4 saturated carbocycles. The van der Waals surface area contributed by atoms with Crippen LogP contribution in [0.1, 0.15) is 44.9 Å². The molecule has 1 nitrogen and oxygen atoms in total. The number of fused-ring (bicyclic) bond motifs is 4. The van der Waals surface area contributed by atoms with Gasteiger partial charge in [0, 0.05) is 5.92 Å². The Morgan fingerprint density at radius 1 is 0.867 bits per heavy atom. The number of allylic oxidation sites excluding steroid dienone is 2. The molecule has 0 heterocycles. The van der Waals surface area contributed by atoms with Gasteiger partial charge in [-0.3, -0.25) is 4.79 Å². The summed E-state index contributed by atoms with van der Waals surface area (Å²) in [6.45, 7) is 0. The van der Waals surface area contributed by atoms with Gasteiger partial charge in [0.05, 0.1) is 0 Å². The summed E-state index contributed by atoms with van der Waals surface area (Å²) in [6.07, 6.45) is 9.21. The van der Waals surface area contributed by atoms with Crippen molar-refractivity contribution in [3.05, 3.63) is 11.1 Å². The Hall–Kier alpha value is -0.590. The van der Waals surface area contributed by atoms with E-state index in [2.05, 4.69) is 0 Å². The molecule has 0 aliphatic heterocycles. The predicted octanol–water partition coefficient (Wildman–Crippen LogP) is 3.10. The van der Waals surface area contributed by atoms with Crippen molar-refractivity contribution in [2.45, 2.75) is 44.9 Å². The minimum absolute atomic E-state index is 0.441. The molecule has 4 fully saturated rings. The van der Waals surface area contributed by atoms with E-state index in [1.54, 1.807) is 5.57 Å². The zero-order valence-corrected chi connectivity index (χ0v) is 9.17. The smallest absolute Gasteiger partial charge is 0.162 e. The van der Waals surface area contributed by atoms with Crippen LogP contribution >= 0.6 is 0 Å². The van der Waals surface area contributed by atoms with Gasteiger partial charge in [-0.25, -0.2) is 0 Å². The fourth-order valence-corrected chi connectivity index (χ4v) is 4.71. The van der Waals surface area contributed by atoms with Crippen molar-refractivity contribution in [3.8, 4) is 0 Å². The van der Waals surface area contributed by atoms with E-state index in [1.165, 1.54) is 50.5 Å². The maximum atomic E-state index is 12.2. The zero-order chi connectivity index (χ0) is 9.99. The van der Waals surface area contributed by atoms with Crippen molar-refractivity contribution in [3.63, 3.8) is 0 Å². The van der Waals surface area contributed by atoms with Crippen molar-refractivity contribution in [2.75, 3.05) is 0 Å². The number of hydrogen-bond donors (Lipinski definition) is 0. The van der Waals surface area contributed by atoms with Gasteiger partial charge in [0.2, 0.25) is 0 Å². The molecule has 0 amide bonds. The monoisotopic (exact) mass is 202 g/mol. The standard InChI is InChI=1S/C14H18O/c15-14-11-4-3-10(7-11)13(14)12-6-8-1-2-9(12)5-8/h8-11H,1-7H2/b13-12+/t8-,9+,10+,11-/m1/s1. The SMILES string of the molecule is O=C1/C(=C2\C[C@@H]3CC[C@H]2C3)[C@H]2CC[C@@H]1C2. The van der Waals surface area contributed by atoms with E-state index in [0.717, 1.165) is 11.8 Å². The molecule has 4 rings (SSSR count). The van der Waals surface area contributed by atoms with E-state index in [9.17, 15) is 4.79 Å². The number of carbonyl (C=O) groups is 1. The Morgan fingerprint density at radius 3 is 2.27 bits per heavy atom. The third kappa shape index (κ3) is 1.02. The number of ketones is 1. The molecule has 15 heavy (non-hydrogen) atoms. The minimum atomic E-state index is 0.441. The van der Waals surface area contributed by atoms with Crippen molar-refractivity contribution in [1.82, 2.24) is 0 Å². The zero-order valence-electron chi connectivity index (χ0n) is 9.17. The van der Waals surface area contributed by atoms with Gasteiger partial charge in [0.1, 0.15) is 0 Å². The van der Waals surface area contributed by atoms with Gasteiger partial charge in [0.15, 0.2) is 5.78 Å². The summed E-state index contributed by atoms with van der Waals surface area (Å²) >= 11 is 0. The molecule has 4 aliphatic carbocycles. The number of rotatable bonds is 0. The van der Waals surface area contributed by atoms with E-state index < -0.39 is 0 Å². The summed E-state index contributed by atoms with van der Waals surface area (Å²) in [5.74, 6) is 3.47. The lowest BCUT2D eigenvalue weighted by Gasteiger charge is -2.21. The molecule has 0 unspecified atom stereocenters. The van der Waals surface area contributed by atoms with Gasteiger partial charge in [-0.1, -0.05) is 5.57 Å². The second-order valence-corrected chi connectivity index (χ2v) is 6.09. The van der Waals surface area contributed by atoms with Gasteiger partial charge in [-0.2, -0.15) is 0 Å². The van der Waals surface area contributed by atoms with E-state index in [0.29, 0.717) is 17.6 Å². The molecule has 80 valence electrons. The highest BCUT2D eigenvalue weighted by Gasteiger charge is 2.47. The third-order valence-corrected chi connectivity index (χ3v) is 5.37. The molecule has 0 radical (unpaired) electrons. The summed E-state index contributed by atoms with van der Waals surface area (Å²) in [5.41, 5.74) is 2.97. The van der Waals surface area contributed by atoms with Crippen LogP contribution < -0.4 is 0 Å². The van der Waals surface area contributed by atoms with Gasteiger partial charge in [-0.05, 0) is 68.3 Å². The first-order valence-electron chi connectivity index (χ1n) is 6.60. The minimum Gasteiger partial charge on any atom is -0.294 e. The summed E-state index contributed by atoms with van der Waals surface area (Å²) < 4.78 is 0. The van der Waals surface area contributed by atoms with Crippen LogP contribution in [-0.4, -0.2) is 5.78 Å². The molecule has 0 aromatic rings. The lowest BCUT2D eigenvalue weighted by Crippen LogP contribution is -2.16. The lowest BCUT2D eigenvalue weighted by atomic mass is 9.83. The Bertz CT molecular complexity index is 366. The maximum absolute atomic E-state index is 12.2. The lowest BCUT2D eigenvalue weighted by molar-refractivity contribution is -0.118. The molecule has 0 aromatic heterocycles. The first-order chi connectivity index (χ1) is 7.33. The van der Waals surface area contributed by atoms with E-state index in [-0.39, 0.29) is 0 Å². The molecule has 0 saturated heterocycles. The maximum Gasteiger partial charge on any atom is 0.162 e. The van der Waals surface area contributed by atoms with Crippen LogP contribution in [0.5, 0.6) is 0 Å². The topological polar surface area (TPSA) is 17.1 Å². The summed E-state index contributed by atoms with van der Waals surface area (Å²) in [7, 11) is 0. The first-order valence-corrected chi connectivity index (χ1v) is 6.60. The summed E-state index contributed by atoms with van der Waals surface area (Å²) in [6, 6.07) is 0. The number of carbonyl (C=O) groups excluding carboxylic acids is 1. The third-order valence-electron chi connectivity index (χ3n) is 5.37. The Morgan fingerprint density at radius 2 is 1.67 bits per heavy atom. The average Bonchev–Trinajstić information content (AvgIpc) is 2.96. The van der Waals surface area contributed by atoms with Gasteiger partial charge < -0.3 is 0 Å². The quantitative estimate of drug-likeness (QED) is 0.552. The predicted molar refractivity (Wildman–Crippen MR) is 58.3 cm³/mol. The normalized spacial score (nSPS) is 52.1.